The lowest BCUT2D eigenvalue weighted by Crippen LogP contribution is -2.45. The van der Waals surface area contributed by atoms with Gasteiger partial charge in [-0.3, -0.25) is 9.59 Å². The molecule has 6 heteroatoms. The summed E-state index contributed by atoms with van der Waals surface area (Å²) in [6.07, 6.45) is -0.559. The summed E-state index contributed by atoms with van der Waals surface area (Å²) in [7, 11) is 0. The Hall–Kier alpha value is -3.28. The largest absolute Gasteiger partial charge is 0.484 e. The fourth-order valence-electron chi connectivity index (χ4n) is 2.78. The number of rotatable bonds is 6. The van der Waals surface area contributed by atoms with Gasteiger partial charge in [-0.2, -0.15) is 0 Å². The van der Waals surface area contributed by atoms with Gasteiger partial charge in [0.1, 0.15) is 11.5 Å². The molecule has 1 aliphatic rings. The van der Waals surface area contributed by atoms with Crippen molar-refractivity contribution in [2.75, 3.05) is 23.4 Å². The SMILES string of the molecule is C=C(C)CN1C(=O)C(C)Oc2ccc(NC(=O)COc3ccccc3)cc21. The molecule has 0 bridgehead atoms. The van der Waals surface area contributed by atoms with Gasteiger partial charge < -0.3 is 19.7 Å². The average Bonchev–Trinajstić information content (AvgIpc) is 2.65. The van der Waals surface area contributed by atoms with Crippen LogP contribution in [0.25, 0.3) is 0 Å². The highest BCUT2D eigenvalue weighted by molar-refractivity contribution is 6.01. The molecule has 0 spiro atoms. The van der Waals surface area contributed by atoms with E-state index in [-0.39, 0.29) is 18.4 Å². The van der Waals surface area contributed by atoms with Crippen molar-refractivity contribution in [2.45, 2.75) is 20.0 Å². The van der Waals surface area contributed by atoms with Crippen molar-refractivity contribution in [1.82, 2.24) is 0 Å². The van der Waals surface area contributed by atoms with Crippen LogP contribution in [0.5, 0.6) is 11.5 Å². The minimum absolute atomic E-state index is 0.108. The van der Waals surface area contributed by atoms with Crippen molar-refractivity contribution in [3.8, 4) is 11.5 Å². The van der Waals surface area contributed by atoms with E-state index in [9.17, 15) is 9.59 Å². The van der Waals surface area contributed by atoms with Crippen LogP contribution < -0.4 is 19.7 Å². The maximum absolute atomic E-state index is 12.5. The summed E-state index contributed by atoms with van der Waals surface area (Å²) >= 11 is 0. The van der Waals surface area contributed by atoms with Crippen molar-refractivity contribution < 1.29 is 19.1 Å². The van der Waals surface area contributed by atoms with Gasteiger partial charge in [0.25, 0.3) is 11.8 Å². The number of carbonyl (C=O) groups excluding carboxylic acids is 2. The van der Waals surface area contributed by atoms with E-state index in [2.05, 4.69) is 11.9 Å². The lowest BCUT2D eigenvalue weighted by atomic mass is 10.1. The summed E-state index contributed by atoms with van der Waals surface area (Å²) in [6, 6.07) is 14.3. The van der Waals surface area contributed by atoms with Gasteiger partial charge in [-0.1, -0.05) is 30.4 Å². The van der Waals surface area contributed by atoms with E-state index in [1.54, 1.807) is 42.2 Å². The molecule has 0 fully saturated rings. The third-order valence-electron chi connectivity index (χ3n) is 3.99. The smallest absolute Gasteiger partial charge is 0.268 e. The topological polar surface area (TPSA) is 67.9 Å². The van der Waals surface area contributed by atoms with Crippen molar-refractivity contribution >= 4 is 23.2 Å². The van der Waals surface area contributed by atoms with Crippen LogP contribution in [0.15, 0.2) is 60.7 Å². The molecule has 0 saturated carbocycles. The highest BCUT2D eigenvalue weighted by atomic mass is 16.5. The Bertz CT molecular complexity index is 864. The van der Waals surface area contributed by atoms with Crippen LogP contribution in [0, 0.1) is 0 Å². The molecule has 6 nitrogen and oxygen atoms in total. The molecule has 2 aromatic rings. The number of anilines is 2. The number of hydrogen-bond donors (Lipinski definition) is 1. The highest BCUT2D eigenvalue weighted by Gasteiger charge is 2.31. The monoisotopic (exact) mass is 366 g/mol. The van der Waals surface area contributed by atoms with Crippen LogP contribution in [-0.2, 0) is 9.59 Å². The Morgan fingerprint density at radius 1 is 1.26 bits per heavy atom. The van der Waals surface area contributed by atoms with E-state index in [4.69, 9.17) is 9.47 Å². The summed E-state index contributed by atoms with van der Waals surface area (Å²) in [5.74, 6) is 0.795. The second-order valence-electron chi connectivity index (χ2n) is 6.47. The van der Waals surface area contributed by atoms with Gasteiger partial charge in [0.15, 0.2) is 12.7 Å². The molecule has 0 aliphatic carbocycles. The summed E-state index contributed by atoms with van der Waals surface area (Å²) in [5, 5.41) is 2.78. The zero-order valence-electron chi connectivity index (χ0n) is 15.4. The summed E-state index contributed by atoms with van der Waals surface area (Å²) in [4.78, 5) is 26.3. The normalized spacial score (nSPS) is 15.6. The summed E-state index contributed by atoms with van der Waals surface area (Å²) in [5.41, 5.74) is 2.03. The van der Waals surface area contributed by atoms with Crippen molar-refractivity contribution in [3.63, 3.8) is 0 Å². The Kier molecular flexibility index (Phi) is 5.45. The molecular weight excluding hydrogens is 344 g/mol. The first-order valence-corrected chi connectivity index (χ1v) is 8.68. The van der Waals surface area contributed by atoms with Crippen LogP contribution in [0.1, 0.15) is 13.8 Å². The van der Waals surface area contributed by atoms with E-state index >= 15 is 0 Å². The van der Waals surface area contributed by atoms with Gasteiger partial charge in [-0.25, -0.2) is 0 Å². The quantitative estimate of drug-likeness (QED) is 0.796. The van der Waals surface area contributed by atoms with Gasteiger partial charge in [0.2, 0.25) is 0 Å². The van der Waals surface area contributed by atoms with Crippen LogP contribution in [0.2, 0.25) is 0 Å². The van der Waals surface area contributed by atoms with E-state index in [0.29, 0.717) is 29.4 Å². The molecule has 1 heterocycles. The number of nitrogens with one attached hydrogen (secondary N) is 1. The Morgan fingerprint density at radius 3 is 2.70 bits per heavy atom. The van der Waals surface area contributed by atoms with Gasteiger partial charge >= 0.3 is 0 Å². The predicted octanol–water partition coefficient (Wildman–Crippen LogP) is 3.39. The number of ether oxygens (including phenoxy) is 2. The third kappa shape index (κ3) is 4.47. The second kappa shape index (κ2) is 7.95. The molecule has 1 N–H and O–H groups in total. The molecule has 2 aromatic carbocycles. The average molecular weight is 366 g/mol. The summed E-state index contributed by atoms with van der Waals surface area (Å²) in [6.45, 7) is 7.75. The number of nitrogens with zero attached hydrogens (tertiary/aromatic N) is 1. The van der Waals surface area contributed by atoms with Crippen LogP contribution >= 0.6 is 0 Å². The van der Waals surface area contributed by atoms with Gasteiger partial charge in [-0.15, -0.1) is 0 Å². The van der Waals surface area contributed by atoms with Crippen molar-refractivity contribution in [3.05, 3.63) is 60.7 Å². The molecule has 3 rings (SSSR count). The fraction of sp³-hybridized carbons (Fsp3) is 0.238. The molecule has 1 aliphatic heterocycles. The number of carbonyl (C=O) groups is 2. The zero-order chi connectivity index (χ0) is 19.4. The first kappa shape index (κ1) is 18.5. The standard InChI is InChI=1S/C21H22N2O4/c1-14(2)12-23-18-11-16(9-10-19(18)27-15(3)21(23)25)22-20(24)13-26-17-7-5-4-6-8-17/h4-11,15H,1,12-13H2,2-3H3,(H,22,24). The van der Waals surface area contributed by atoms with Crippen LogP contribution in [0.4, 0.5) is 11.4 Å². The fourth-order valence-corrected chi connectivity index (χ4v) is 2.78. The number of benzene rings is 2. The number of fused-ring (bicyclic) bond motifs is 1. The molecule has 2 amide bonds. The van der Waals surface area contributed by atoms with Crippen molar-refractivity contribution in [2.24, 2.45) is 0 Å². The van der Waals surface area contributed by atoms with Gasteiger partial charge in [0.05, 0.1) is 5.69 Å². The molecular formula is C21H22N2O4. The molecule has 0 aromatic heterocycles. The minimum Gasteiger partial charge on any atom is -0.484 e. The number of para-hydroxylation sites is 1. The van der Waals surface area contributed by atoms with Crippen LogP contribution in [-0.4, -0.2) is 31.1 Å². The zero-order valence-corrected chi connectivity index (χ0v) is 15.4. The Balaban J connectivity index is 1.72. The maximum atomic E-state index is 12.5. The molecule has 27 heavy (non-hydrogen) atoms. The van der Waals surface area contributed by atoms with Gasteiger partial charge in [-0.05, 0) is 44.2 Å². The number of hydrogen-bond acceptors (Lipinski definition) is 4. The predicted molar refractivity (Wildman–Crippen MR) is 104 cm³/mol. The van der Waals surface area contributed by atoms with E-state index in [0.717, 1.165) is 5.57 Å². The number of amides is 2. The summed E-state index contributed by atoms with van der Waals surface area (Å²) < 4.78 is 11.1. The molecule has 1 unspecified atom stereocenters. The molecule has 0 radical (unpaired) electrons. The molecule has 1 atom stereocenters. The lowest BCUT2D eigenvalue weighted by Gasteiger charge is -2.33. The van der Waals surface area contributed by atoms with Crippen LogP contribution in [0.3, 0.4) is 0 Å². The van der Waals surface area contributed by atoms with E-state index in [1.165, 1.54) is 0 Å². The first-order valence-electron chi connectivity index (χ1n) is 8.68. The Morgan fingerprint density at radius 2 is 2.00 bits per heavy atom. The Labute approximate surface area is 158 Å². The minimum atomic E-state index is -0.559. The van der Waals surface area contributed by atoms with E-state index in [1.807, 2.05) is 25.1 Å². The lowest BCUT2D eigenvalue weighted by molar-refractivity contribution is -0.125. The van der Waals surface area contributed by atoms with Gasteiger partial charge in [0, 0.05) is 12.2 Å². The molecule has 140 valence electrons. The third-order valence-corrected chi connectivity index (χ3v) is 3.99. The first-order chi connectivity index (χ1) is 12.9. The maximum Gasteiger partial charge on any atom is 0.268 e. The highest BCUT2D eigenvalue weighted by Crippen LogP contribution is 2.36. The van der Waals surface area contributed by atoms with Crippen molar-refractivity contribution in [1.29, 1.82) is 0 Å². The second-order valence-corrected chi connectivity index (χ2v) is 6.47. The van der Waals surface area contributed by atoms with E-state index < -0.39 is 6.10 Å². The molecule has 0 saturated heterocycles.